The number of nitrogen functional groups attached to an aromatic ring is 1. The van der Waals surface area contributed by atoms with Crippen molar-refractivity contribution in [1.29, 1.82) is 0 Å². The van der Waals surface area contributed by atoms with Gasteiger partial charge in [0.15, 0.2) is 11.6 Å². The minimum atomic E-state index is -0.731. The second-order valence-electron chi connectivity index (χ2n) is 9.09. The molecule has 1 aromatic heterocycles. The van der Waals surface area contributed by atoms with Gasteiger partial charge in [0.1, 0.15) is 11.2 Å². The van der Waals surface area contributed by atoms with Gasteiger partial charge in [-0.1, -0.05) is 0 Å². The van der Waals surface area contributed by atoms with Crippen LogP contribution in [0.15, 0.2) is 15.7 Å². The summed E-state index contributed by atoms with van der Waals surface area (Å²) in [6.45, 7) is 9.38. The van der Waals surface area contributed by atoms with Crippen molar-refractivity contribution in [3.05, 3.63) is 44.1 Å². The first-order chi connectivity index (χ1) is 15.4. The average molecular weight is 442 g/mol. The molecule has 2 heterocycles. The zero-order valence-electron chi connectivity index (χ0n) is 18.1. The molecule has 2 aromatic rings. The van der Waals surface area contributed by atoms with Crippen LogP contribution in [-0.4, -0.2) is 48.1 Å². The molecule has 2 aliphatic carbocycles. The second kappa shape index (κ2) is 7.52. The lowest BCUT2D eigenvalue weighted by molar-refractivity contribution is 0.362. The standard InChI is InChI=1S/C22H27FN6O3/c1-25-8-9-26-22(6-7-22)13-5-10-27(12-13)18-16(23)11-15-17(19(18)32-2)28(14-3-4-14)21(31)29(24)20(15)30/h11,13-14,26H,3-10,12,24H2,2H3. The molecule has 5 rings (SSSR count). The van der Waals surface area contributed by atoms with Gasteiger partial charge in [0, 0.05) is 24.7 Å². The molecule has 0 spiro atoms. The van der Waals surface area contributed by atoms with E-state index in [2.05, 4.69) is 10.2 Å². The number of hydrogen-bond acceptors (Lipinski definition) is 6. The van der Waals surface area contributed by atoms with Crippen LogP contribution >= 0.6 is 0 Å². The molecule has 2 saturated carbocycles. The molecule has 170 valence electrons. The Labute approximate surface area is 184 Å². The quantitative estimate of drug-likeness (QED) is 0.380. The van der Waals surface area contributed by atoms with Crippen LogP contribution in [0.25, 0.3) is 15.7 Å². The van der Waals surface area contributed by atoms with E-state index in [1.165, 1.54) is 17.7 Å². The van der Waals surface area contributed by atoms with Crippen LogP contribution in [-0.2, 0) is 0 Å². The summed E-state index contributed by atoms with van der Waals surface area (Å²) < 4.78 is 23.1. The summed E-state index contributed by atoms with van der Waals surface area (Å²) in [6, 6.07) is 1.12. The fraction of sp³-hybridized carbons (Fsp3) is 0.591. The van der Waals surface area contributed by atoms with Gasteiger partial charge in [-0.3, -0.25) is 9.36 Å². The van der Waals surface area contributed by atoms with Crippen LogP contribution in [0.1, 0.15) is 38.1 Å². The predicted molar refractivity (Wildman–Crippen MR) is 119 cm³/mol. The van der Waals surface area contributed by atoms with E-state index >= 15 is 4.39 Å². The molecular formula is C22H27FN6O3. The lowest BCUT2D eigenvalue weighted by Gasteiger charge is -2.27. The first-order valence-electron chi connectivity index (χ1n) is 11.1. The van der Waals surface area contributed by atoms with Crippen molar-refractivity contribution in [3.8, 4) is 5.75 Å². The highest BCUT2D eigenvalue weighted by molar-refractivity contribution is 5.91. The number of rotatable bonds is 7. The SMILES string of the molecule is [C-]#[N+]CCNC1(C2CCN(c3c(F)cc4c(=O)n(N)c(=O)n(C5CC5)c4c3OC)C2)CC1. The number of aromatic nitrogens is 2. The molecule has 0 radical (unpaired) electrons. The molecule has 1 aromatic carbocycles. The lowest BCUT2D eigenvalue weighted by Crippen LogP contribution is -2.44. The first-order valence-corrected chi connectivity index (χ1v) is 11.1. The summed E-state index contributed by atoms with van der Waals surface area (Å²) in [4.78, 5) is 30.8. The summed E-state index contributed by atoms with van der Waals surface area (Å²) >= 11 is 0. The Bertz CT molecular complexity index is 1240. The van der Waals surface area contributed by atoms with Gasteiger partial charge in [-0.15, -0.1) is 0 Å². The third-order valence-corrected chi connectivity index (χ3v) is 7.18. The maximum atomic E-state index is 15.4. The molecule has 10 heteroatoms. The summed E-state index contributed by atoms with van der Waals surface area (Å²) in [7, 11) is 1.44. The number of hydrogen-bond donors (Lipinski definition) is 2. The van der Waals surface area contributed by atoms with Crippen molar-refractivity contribution in [2.24, 2.45) is 5.92 Å². The third-order valence-electron chi connectivity index (χ3n) is 7.18. The highest BCUT2D eigenvalue weighted by atomic mass is 19.1. The van der Waals surface area contributed by atoms with Gasteiger partial charge in [-0.2, -0.15) is 4.68 Å². The maximum Gasteiger partial charge on any atom is 0.350 e. The van der Waals surface area contributed by atoms with Gasteiger partial charge in [0.05, 0.1) is 19.0 Å². The van der Waals surface area contributed by atoms with E-state index in [1.807, 2.05) is 4.90 Å². The zero-order chi connectivity index (χ0) is 22.6. The predicted octanol–water partition coefficient (Wildman–Crippen LogP) is 1.23. The largest absolute Gasteiger partial charge is 0.492 e. The van der Waals surface area contributed by atoms with Crippen molar-refractivity contribution in [2.75, 3.05) is 44.0 Å². The minimum absolute atomic E-state index is 0.0173. The molecule has 1 aliphatic heterocycles. The Morgan fingerprint density at radius 2 is 2.09 bits per heavy atom. The second-order valence-corrected chi connectivity index (χ2v) is 9.09. The van der Waals surface area contributed by atoms with Crippen LogP contribution < -0.4 is 32.0 Å². The molecule has 1 saturated heterocycles. The van der Waals surface area contributed by atoms with Crippen molar-refractivity contribution >= 4 is 16.6 Å². The van der Waals surface area contributed by atoms with Crippen molar-refractivity contribution < 1.29 is 9.13 Å². The van der Waals surface area contributed by atoms with Crippen LogP contribution in [0.5, 0.6) is 5.75 Å². The van der Waals surface area contributed by atoms with Crippen molar-refractivity contribution in [2.45, 2.75) is 43.7 Å². The van der Waals surface area contributed by atoms with Crippen LogP contribution in [0, 0.1) is 18.3 Å². The molecular weight excluding hydrogens is 415 g/mol. The van der Waals surface area contributed by atoms with Gasteiger partial charge in [0.25, 0.3) is 5.56 Å². The summed E-state index contributed by atoms with van der Waals surface area (Å²) in [5, 5.41) is 3.59. The number of fused-ring (bicyclic) bond motifs is 1. The zero-order valence-corrected chi connectivity index (χ0v) is 18.1. The Morgan fingerprint density at radius 3 is 2.72 bits per heavy atom. The van der Waals surface area contributed by atoms with E-state index in [4.69, 9.17) is 17.2 Å². The number of nitrogens with one attached hydrogen (secondary N) is 1. The van der Waals surface area contributed by atoms with E-state index in [-0.39, 0.29) is 22.7 Å². The van der Waals surface area contributed by atoms with Crippen molar-refractivity contribution in [1.82, 2.24) is 14.6 Å². The Hall–Kier alpha value is -3.06. The van der Waals surface area contributed by atoms with Gasteiger partial charge in [-0.05, 0) is 44.1 Å². The van der Waals surface area contributed by atoms with Gasteiger partial charge in [-0.25, -0.2) is 15.8 Å². The summed E-state index contributed by atoms with van der Waals surface area (Å²) in [5.41, 5.74) is -0.707. The fourth-order valence-electron chi connectivity index (χ4n) is 5.24. The number of nitrogens with zero attached hydrogens (tertiary/aromatic N) is 4. The molecule has 32 heavy (non-hydrogen) atoms. The van der Waals surface area contributed by atoms with Gasteiger partial charge < -0.3 is 25.6 Å². The lowest BCUT2D eigenvalue weighted by atomic mass is 9.96. The van der Waals surface area contributed by atoms with Crippen LogP contribution in [0.4, 0.5) is 10.1 Å². The molecule has 3 N–H and O–H groups in total. The Kier molecular flexibility index (Phi) is 4.89. The fourth-order valence-corrected chi connectivity index (χ4v) is 5.24. The molecule has 3 fully saturated rings. The molecule has 9 nitrogen and oxygen atoms in total. The number of anilines is 1. The van der Waals surface area contributed by atoms with E-state index < -0.39 is 17.1 Å². The monoisotopic (exact) mass is 442 g/mol. The van der Waals surface area contributed by atoms with E-state index in [0.29, 0.717) is 48.0 Å². The van der Waals surface area contributed by atoms with Gasteiger partial charge in [0.2, 0.25) is 6.54 Å². The summed E-state index contributed by atoms with van der Waals surface area (Å²) in [6.07, 6.45) is 4.60. The van der Waals surface area contributed by atoms with Crippen LogP contribution in [0.2, 0.25) is 0 Å². The normalized spacial score (nSPS) is 21.7. The number of nitrogens with two attached hydrogens (primary N) is 1. The average Bonchev–Trinajstić information content (AvgIpc) is 3.71. The first kappa shape index (κ1) is 20.8. The Morgan fingerprint density at radius 1 is 1.34 bits per heavy atom. The van der Waals surface area contributed by atoms with E-state index in [9.17, 15) is 9.59 Å². The number of methoxy groups -OCH3 is 1. The molecule has 3 aliphatic rings. The molecule has 0 amide bonds. The Balaban J connectivity index is 1.57. The van der Waals surface area contributed by atoms with Crippen molar-refractivity contribution in [3.63, 3.8) is 0 Å². The topological polar surface area (TPSA) is 98.9 Å². The highest BCUT2D eigenvalue weighted by Crippen LogP contribution is 2.49. The summed E-state index contributed by atoms with van der Waals surface area (Å²) in [5.74, 6) is 5.70. The number of ether oxygens (including phenoxy) is 1. The molecule has 1 atom stereocenters. The van der Waals surface area contributed by atoms with Crippen LogP contribution in [0.3, 0.4) is 0 Å². The number of benzene rings is 1. The number of halogens is 1. The molecule has 0 bridgehead atoms. The highest BCUT2D eigenvalue weighted by Gasteiger charge is 2.51. The smallest absolute Gasteiger partial charge is 0.350 e. The van der Waals surface area contributed by atoms with E-state index in [0.717, 1.165) is 32.1 Å². The third kappa shape index (κ3) is 3.14. The molecule has 1 unspecified atom stereocenters. The van der Waals surface area contributed by atoms with Gasteiger partial charge >= 0.3 is 5.69 Å². The van der Waals surface area contributed by atoms with E-state index in [1.54, 1.807) is 0 Å². The maximum absolute atomic E-state index is 15.4. The minimum Gasteiger partial charge on any atom is -0.492 e.